The van der Waals surface area contributed by atoms with Crippen LogP contribution in [0.2, 0.25) is 5.15 Å². The van der Waals surface area contributed by atoms with Gasteiger partial charge in [-0.15, -0.1) is 0 Å². The van der Waals surface area contributed by atoms with Gasteiger partial charge in [-0.3, -0.25) is 4.40 Å². The molecule has 0 spiro atoms. The molecule has 0 radical (unpaired) electrons. The molecule has 0 aliphatic heterocycles. The lowest BCUT2D eigenvalue weighted by atomic mass is 10.3. The van der Waals surface area contributed by atoms with E-state index < -0.39 is 10.0 Å². The molecule has 0 saturated carbocycles. The van der Waals surface area contributed by atoms with Crippen LogP contribution in [0.25, 0.3) is 17.0 Å². The van der Waals surface area contributed by atoms with Crippen LogP contribution in [-0.4, -0.2) is 46.2 Å². The number of anilines is 2. The van der Waals surface area contributed by atoms with Crippen molar-refractivity contribution < 1.29 is 8.42 Å². The highest BCUT2D eigenvalue weighted by Gasteiger charge is 2.18. The molecule has 3 heterocycles. The van der Waals surface area contributed by atoms with Gasteiger partial charge in [0.2, 0.25) is 16.0 Å². The molecule has 0 amide bonds. The largest absolute Gasteiger partial charge is 0.324 e. The third-order valence-electron chi connectivity index (χ3n) is 4.25. The van der Waals surface area contributed by atoms with Crippen molar-refractivity contribution in [3.8, 4) is 11.4 Å². The van der Waals surface area contributed by atoms with Crippen LogP contribution in [0.4, 0.5) is 11.6 Å². The normalized spacial score (nSPS) is 11.9. The molecule has 1 aromatic carbocycles. The zero-order chi connectivity index (χ0) is 20.6. The lowest BCUT2D eigenvalue weighted by molar-refractivity contribution is 0.521. The van der Waals surface area contributed by atoms with Gasteiger partial charge >= 0.3 is 0 Å². The fourth-order valence-electron chi connectivity index (χ4n) is 2.82. The molecule has 0 fully saturated rings. The minimum atomic E-state index is -3.54. The van der Waals surface area contributed by atoms with Gasteiger partial charge in [0.1, 0.15) is 11.3 Å². The van der Waals surface area contributed by atoms with Gasteiger partial charge in [0, 0.05) is 32.2 Å². The van der Waals surface area contributed by atoms with Crippen LogP contribution >= 0.6 is 11.6 Å². The first-order chi connectivity index (χ1) is 13.9. The lowest BCUT2D eigenvalue weighted by Crippen LogP contribution is -2.22. The van der Waals surface area contributed by atoms with E-state index in [1.807, 2.05) is 28.8 Å². The summed E-state index contributed by atoms with van der Waals surface area (Å²) in [5.41, 5.74) is 2.50. The van der Waals surface area contributed by atoms with Crippen LogP contribution in [0.3, 0.4) is 0 Å². The lowest BCUT2D eigenvalue weighted by Gasteiger charge is -2.13. The van der Waals surface area contributed by atoms with E-state index in [1.165, 1.54) is 26.2 Å². The zero-order valence-corrected chi connectivity index (χ0v) is 17.2. The fraction of sp³-hybridized carbons (Fsp3) is 0.105. The van der Waals surface area contributed by atoms with Crippen molar-refractivity contribution in [3.05, 3.63) is 66.1 Å². The van der Waals surface area contributed by atoms with Gasteiger partial charge in [0.15, 0.2) is 5.15 Å². The number of sulfonamides is 1. The minimum absolute atomic E-state index is 0.175. The molecule has 3 aromatic heterocycles. The zero-order valence-electron chi connectivity index (χ0n) is 15.6. The number of halogens is 1. The predicted molar refractivity (Wildman–Crippen MR) is 112 cm³/mol. The van der Waals surface area contributed by atoms with Crippen molar-refractivity contribution in [2.45, 2.75) is 4.90 Å². The molecule has 0 atom stereocenters. The number of aromatic nitrogens is 4. The molecule has 0 bridgehead atoms. The Hall–Kier alpha value is -3.01. The second kappa shape index (κ2) is 7.43. The maximum absolute atomic E-state index is 12.4. The molecule has 148 valence electrons. The smallest absolute Gasteiger partial charge is 0.242 e. The van der Waals surface area contributed by atoms with E-state index in [-0.39, 0.29) is 4.90 Å². The Morgan fingerprint density at radius 1 is 1.07 bits per heavy atom. The second-order valence-corrected chi connectivity index (χ2v) is 8.90. The summed E-state index contributed by atoms with van der Waals surface area (Å²) >= 11 is 6.33. The molecule has 8 nitrogen and oxygen atoms in total. The maximum Gasteiger partial charge on any atom is 0.242 e. The summed E-state index contributed by atoms with van der Waals surface area (Å²) in [6.45, 7) is 0. The molecular weight excluding hydrogens is 412 g/mol. The van der Waals surface area contributed by atoms with E-state index >= 15 is 0 Å². The summed E-state index contributed by atoms with van der Waals surface area (Å²) in [5.74, 6) is 0.309. The summed E-state index contributed by atoms with van der Waals surface area (Å²) in [6.07, 6.45) is 3.46. The maximum atomic E-state index is 12.4. The van der Waals surface area contributed by atoms with Gasteiger partial charge in [-0.25, -0.2) is 27.7 Å². The number of nitrogens with one attached hydrogen (secondary N) is 1. The van der Waals surface area contributed by atoms with Crippen LogP contribution in [0.1, 0.15) is 0 Å². The Morgan fingerprint density at radius 2 is 1.90 bits per heavy atom. The number of rotatable bonds is 5. The Balaban J connectivity index is 1.70. The summed E-state index contributed by atoms with van der Waals surface area (Å²) in [7, 11) is -0.566. The molecule has 4 rings (SSSR count). The van der Waals surface area contributed by atoms with Gasteiger partial charge in [-0.1, -0.05) is 23.7 Å². The molecule has 1 N–H and O–H groups in total. The van der Waals surface area contributed by atoms with Crippen molar-refractivity contribution >= 4 is 38.9 Å². The Bertz CT molecular complexity index is 1300. The van der Waals surface area contributed by atoms with Crippen LogP contribution in [0.5, 0.6) is 0 Å². The van der Waals surface area contributed by atoms with E-state index in [0.717, 1.165) is 4.31 Å². The average molecular weight is 429 g/mol. The topological polar surface area (TPSA) is 92.5 Å². The van der Waals surface area contributed by atoms with Gasteiger partial charge in [0.25, 0.3) is 0 Å². The van der Waals surface area contributed by atoms with E-state index in [4.69, 9.17) is 11.6 Å². The van der Waals surface area contributed by atoms with Gasteiger partial charge in [-0.05, 0) is 36.4 Å². The highest BCUT2D eigenvalue weighted by Crippen LogP contribution is 2.28. The van der Waals surface area contributed by atoms with Crippen LogP contribution in [-0.2, 0) is 10.0 Å². The van der Waals surface area contributed by atoms with Crippen molar-refractivity contribution in [3.63, 3.8) is 0 Å². The highest BCUT2D eigenvalue weighted by atomic mass is 35.5. The number of imidazole rings is 1. The number of nitrogens with zero attached hydrogens (tertiary/aromatic N) is 5. The van der Waals surface area contributed by atoms with Gasteiger partial charge in [-0.2, -0.15) is 0 Å². The van der Waals surface area contributed by atoms with Gasteiger partial charge < -0.3 is 5.32 Å². The number of fused-ring (bicyclic) bond motifs is 1. The summed E-state index contributed by atoms with van der Waals surface area (Å²) in [6, 6.07) is 13.8. The van der Waals surface area contributed by atoms with Crippen molar-refractivity contribution in [1.29, 1.82) is 0 Å². The molecule has 0 unspecified atom stereocenters. The van der Waals surface area contributed by atoms with E-state index in [2.05, 4.69) is 20.3 Å². The van der Waals surface area contributed by atoms with Crippen LogP contribution in [0.15, 0.2) is 65.8 Å². The quantitative estimate of drug-likeness (QED) is 0.523. The predicted octanol–water partition coefficient (Wildman–Crippen LogP) is 3.44. The summed E-state index contributed by atoms with van der Waals surface area (Å²) < 4.78 is 27.7. The van der Waals surface area contributed by atoms with Crippen LogP contribution in [0, 0.1) is 0 Å². The molecular formula is C19H17ClN6O2S. The van der Waals surface area contributed by atoms with E-state index in [1.54, 1.807) is 24.4 Å². The first-order valence-electron chi connectivity index (χ1n) is 8.62. The third kappa shape index (κ3) is 3.67. The Kier molecular flexibility index (Phi) is 4.95. The van der Waals surface area contributed by atoms with Crippen molar-refractivity contribution in [2.24, 2.45) is 0 Å². The summed E-state index contributed by atoms with van der Waals surface area (Å²) in [4.78, 5) is 13.3. The molecule has 10 heteroatoms. The van der Waals surface area contributed by atoms with Crippen molar-refractivity contribution in [2.75, 3.05) is 19.4 Å². The first kappa shape index (κ1) is 19.3. The number of benzene rings is 1. The number of hydrogen-bond acceptors (Lipinski definition) is 6. The van der Waals surface area contributed by atoms with Crippen molar-refractivity contribution in [1.82, 2.24) is 23.7 Å². The summed E-state index contributed by atoms with van der Waals surface area (Å²) in [5, 5.41) is 3.38. The number of pyridine rings is 1. The van der Waals surface area contributed by atoms with Crippen LogP contribution < -0.4 is 5.32 Å². The Morgan fingerprint density at radius 3 is 2.69 bits per heavy atom. The third-order valence-corrected chi connectivity index (χ3v) is 6.33. The minimum Gasteiger partial charge on any atom is -0.324 e. The molecule has 4 aromatic rings. The van der Waals surface area contributed by atoms with E-state index in [0.29, 0.717) is 33.8 Å². The molecule has 0 aliphatic carbocycles. The SMILES string of the molecule is CN(C)S(=O)(=O)c1cccc(Nc2nccc(-c3c(Cl)nc4ccccn34)n2)c1. The monoisotopic (exact) mass is 428 g/mol. The van der Waals surface area contributed by atoms with E-state index in [9.17, 15) is 8.42 Å². The van der Waals surface area contributed by atoms with Gasteiger partial charge in [0.05, 0.1) is 10.6 Å². The Labute approximate surface area is 172 Å². The molecule has 0 saturated heterocycles. The average Bonchev–Trinajstić information content (AvgIpc) is 3.04. The second-order valence-electron chi connectivity index (χ2n) is 6.39. The molecule has 0 aliphatic rings. The number of hydrogen-bond donors (Lipinski definition) is 1. The first-order valence-corrected chi connectivity index (χ1v) is 10.4. The standard InChI is InChI=1S/C19H17ClN6O2S/c1-25(2)29(27,28)14-7-5-6-13(12-14)22-19-21-10-9-15(23-19)17-18(20)24-16-8-3-4-11-26(16)17/h3-12H,1-2H3,(H,21,22,23). The fourth-order valence-corrected chi connectivity index (χ4v) is 4.04. The highest BCUT2D eigenvalue weighted by molar-refractivity contribution is 7.89. The molecule has 29 heavy (non-hydrogen) atoms.